The molecule has 4 nitrogen and oxygen atoms in total. The number of nitrogens with zero attached hydrogens (tertiary/aromatic N) is 2. The van der Waals surface area contributed by atoms with E-state index in [-0.39, 0.29) is 17.8 Å². The molecule has 0 unspecified atom stereocenters. The molecule has 3 rings (SSSR count). The number of hydrogen-bond donors (Lipinski definition) is 1. The summed E-state index contributed by atoms with van der Waals surface area (Å²) in [5, 5.41) is 0.508. The molecule has 0 aliphatic rings. The molecule has 138 valence electrons. The first-order valence-corrected chi connectivity index (χ1v) is 8.25. The summed E-state index contributed by atoms with van der Waals surface area (Å²) in [4.78, 5) is 8.32. The van der Waals surface area contributed by atoms with Crippen LogP contribution >= 0.6 is 0 Å². The molecule has 1 aromatic carbocycles. The van der Waals surface area contributed by atoms with Crippen LogP contribution in [0.3, 0.4) is 0 Å². The van der Waals surface area contributed by atoms with Gasteiger partial charge in [0.25, 0.3) is 0 Å². The van der Waals surface area contributed by atoms with Crippen LogP contribution in [0.1, 0.15) is 16.8 Å². The minimum Gasteiger partial charge on any atom is -0.492 e. The predicted octanol–water partition coefficient (Wildman–Crippen LogP) is 4.40. The highest BCUT2D eigenvalue weighted by atomic mass is 19.4. The molecular weight excluding hydrogens is 343 g/mol. The van der Waals surface area contributed by atoms with E-state index < -0.39 is 11.9 Å². The van der Waals surface area contributed by atoms with Crippen LogP contribution in [0.25, 0.3) is 11.0 Å². The van der Waals surface area contributed by atoms with Crippen molar-refractivity contribution >= 4 is 11.0 Å². The monoisotopic (exact) mass is 363 g/mol. The third kappa shape index (κ3) is 4.16. The van der Waals surface area contributed by atoms with Gasteiger partial charge in [-0.15, -0.1) is 0 Å². The van der Waals surface area contributed by atoms with Gasteiger partial charge in [0.2, 0.25) is 0 Å². The van der Waals surface area contributed by atoms with Crippen LogP contribution in [0.15, 0.2) is 42.6 Å². The number of alkyl halides is 3. The average molecular weight is 363 g/mol. The minimum atomic E-state index is -4.45. The van der Waals surface area contributed by atoms with Crippen LogP contribution in [0.4, 0.5) is 13.2 Å². The molecule has 0 saturated carbocycles. The van der Waals surface area contributed by atoms with Crippen LogP contribution in [0.5, 0.6) is 5.75 Å². The van der Waals surface area contributed by atoms with Gasteiger partial charge in [0, 0.05) is 30.2 Å². The molecule has 0 bridgehead atoms. The van der Waals surface area contributed by atoms with Gasteiger partial charge >= 0.3 is 6.18 Å². The maximum Gasteiger partial charge on any atom is 0.431 e. The highest BCUT2D eigenvalue weighted by Crippen LogP contribution is 2.35. The van der Waals surface area contributed by atoms with Crippen molar-refractivity contribution in [1.29, 1.82) is 0 Å². The van der Waals surface area contributed by atoms with E-state index in [9.17, 15) is 13.2 Å². The van der Waals surface area contributed by atoms with E-state index in [1.165, 1.54) is 0 Å². The van der Waals surface area contributed by atoms with Gasteiger partial charge in [0.1, 0.15) is 23.7 Å². The first-order chi connectivity index (χ1) is 12.3. The third-order valence-electron chi connectivity index (χ3n) is 4.09. The van der Waals surface area contributed by atoms with Gasteiger partial charge in [-0.05, 0) is 37.7 Å². The van der Waals surface area contributed by atoms with Crippen LogP contribution in [-0.4, -0.2) is 35.1 Å². The van der Waals surface area contributed by atoms with Crippen LogP contribution < -0.4 is 4.74 Å². The molecule has 0 spiro atoms. The molecule has 3 aromatic rings. The molecule has 2 aromatic heterocycles. The van der Waals surface area contributed by atoms with E-state index in [0.717, 1.165) is 11.3 Å². The fourth-order valence-electron chi connectivity index (χ4n) is 2.82. The second-order valence-electron chi connectivity index (χ2n) is 6.28. The number of hydrogen-bond acceptors (Lipinski definition) is 3. The number of likely N-dealkylation sites (N-methyl/N-ethyl adjacent to an activating group) is 1. The number of para-hydroxylation sites is 1. The number of rotatable bonds is 6. The zero-order chi connectivity index (χ0) is 18.7. The van der Waals surface area contributed by atoms with Crippen molar-refractivity contribution in [2.45, 2.75) is 19.6 Å². The van der Waals surface area contributed by atoms with Gasteiger partial charge in [-0.2, -0.15) is 13.2 Å². The Morgan fingerprint density at radius 3 is 2.62 bits per heavy atom. The molecular formula is C19H20F3N3O. The Hall–Kier alpha value is -2.54. The van der Waals surface area contributed by atoms with Crippen molar-refractivity contribution in [2.75, 3.05) is 20.2 Å². The number of aromatic amines is 1. The van der Waals surface area contributed by atoms with Crippen molar-refractivity contribution in [2.24, 2.45) is 0 Å². The van der Waals surface area contributed by atoms with E-state index in [4.69, 9.17) is 4.74 Å². The molecule has 2 heterocycles. The van der Waals surface area contributed by atoms with E-state index in [0.29, 0.717) is 18.5 Å². The van der Waals surface area contributed by atoms with Crippen molar-refractivity contribution < 1.29 is 17.9 Å². The molecule has 1 N–H and O–H groups in total. The lowest BCUT2D eigenvalue weighted by Gasteiger charge is -2.18. The molecule has 7 heteroatoms. The summed E-state index contributed by atoms with van der Waals surface area (Å²) in [7, 11) is 1.77. The van der Waals surface area contributed by atoms with E-state index in [1.807, 2.05) is 42.2 Å². The molecule has 0 aliphatic heterocycles. The Balaban J connectivity index is 1.75. The van der Waals surface area contributed by atoms with Crippen molar-refractivity contribution in [3.63, 3.8) is 0 Å². The summed E-state index contributed by atoms with van der Waals surface area (Å²) in [6.45, 7) is 2.85. The lowest BCUT2D eigenvalue weighted by atomic mass is 10.1. The quantitative estimate of drug-likeness (QED) is 0.706. The Labute approximate surface area is 149 Å². The second-order valence-corrected chi connectivity index (χ2v) is 6.28. The number of nitrogens with one attached hydrogen (secondary N) is 1. The van der Waals surface area contributed by atoms with Gasteiger partial charge < -0.3 is 9.72 Å². The normalized spacial score (nSPS) is 12.1. The lowest BCUT2D eigenvalue weighted by Crippen LogP contribution is -2.25. The second kappa shape index (κ2) is 7.37. The maximum absolute atomic E-state index is 13.4. The topological polar surface area (TPSA) is 41.2 Å². The zero-order valence-electron chi connectivity index (χ0n) is 14.6. The highest BCUT2D eigenvalue weighted by Gasteiger charge is 2.36. The lowest BCUT2D eigenvalue weighted by molar-refractivity contribution is -0.141. The predicted molar refractivity (Wildman–Crippen MR) is 94.1 cm³/mol. The Kier molecular flexibility index (Phi) is 5.18. The Morgan fingerprint density at radius 1 is 1.19 bits per heavy atom. The summed E-state index contributed by atoms with van der Waals surface area (Å²) in [6, 6.07) is 11.1. The summed E-state index contributed by atoms with van der Waals surface area (Å²) in [5.74, 6) is 0.740. The fourth-order valence-corrected chi connectivity index (χ4v) is 2.82. The van der Waals surface area contributed by atoms with Crippen LogP contribution in [0, 0.1) is 6.92 Å². The Morgan fingerprint density at radius 2 is 1.92 bits per heavy atom. The number of aromatic nitrogens is 2. The number of aryl methyl sites for hydroxylation is 1. The molecule has 0 amide bonds. The number of fused-ring (bicyclic) bond motifs is 1. The Bertz CT molecular complexity index is 875. The van der Waals surface area contributed by atoms with Gasteiger partial charge in [0.15, 0.2) is 0 Å². The molecule has 0 atom stereocenters. The molecule has 0 aliphatic carbocycles. The number of ether oxygens (including phenoxy) is 1. The zero-order valence-corrected chi connectivity index (χ0v) is 14.6. The third-order valence-corrected chi connectivity index (χ3v) is 4.09. The van der Waals surface area contributed by atoms with E-state index in [1.54, 1.807) is 19.3 Å². The maximum atomic E-state index is 13.4. The molecule has 0 radical (unpaired) electrons. The minimum absolute atomic E-state index is 0.151. The van der Waals surface area contributed by atoms with Gasteiger partial charge in [-0.3, -0.25) is 4.90 Å². The van der Waals surface area contributed by atoms with Crippen LogP contribution in [0.2, 0.25) is 0 Å². The van der Waals surface area contributed by atoms with E-state index in [2.05, 4.69) is 9.97 Å². The first-order valence-electron chi connectivity index (χ1n) is 8.25. The average Bonchev–Trinajstić information content (AvgIpc) is 2.94. The van der Waals surface area contributed by atoms with Crippen molar-refractivity contribution in [3.8, 4) is 5.75 Å². The molecule has 0 saturated heterocycles. The number of pyridine rings is 1. The van der Waals surface area contributed by atoms with Crippen molar-refractivity contribution in [1.82, 2.24) is 14.9 Å². The smallest absolute Gasteiger partial charge is 0.431 e. The summed E-state index contributed by atoms with van der Waals surface area (Å²) >= 11 is 0. The van der Waals surface area contributed by atoms with Gasteiger partial charge in [-0.25, -0.2) is 4.98 Å². The number of H-pyrrole nitrogens is 1. The first kappa shape index (κ1) is 18.3. The van der Waals surface area contributed by atoms with Gasteiger partial charge in [0.05, 0.1) is 0 Å². The van der Waals surface area contributed by atoms with Crippen molar-refractivity contribution in [3.05, 3.63) is 59.4 Å². The fraction of sp³-hybridized carbons (Fsp3) is 0.316. The van der Waals surface area contributed by atoms with Gasteiger partial charge in [-0.1, -0.05) is 18.2 Å². The SMILES string of the molecule is Cc1cnc2[nH]c(C(F)(F)F)c(CN(C)CCOc3ccccc3)c2c1. The summed E-state index contributed by atoms with van der Waals surface area (Å²) in [6.07, 6.45) is -2.90. The van der Waals surface area contributed by atoms with E-state index >= 15 is 0 Å². The molecule has 26 heavy (non-hydrogen) atoms. The standard InChI is InChI=1S/C19H20F3N3O/c1-13-10-15-16(17(19(20,21)22)24-18(15)23-11-13)12-25(2)8-9-26-14-6-4-3-5-7-14/h3-7,10-11H,8-9,12H2,1-2H3,(H,23,24). The largest absolute Gasteiger partial charge is 0.492 e. The number of benzene rings is 1. The molecule has 0 fully saturated rings. The summed E-state index contributed by atoms with van der Waals surface area (Å²) in [5.41, 5.74) is 0.556. The summed E-state index contributed by atoms with van der Waals surface area (Å²) < 4.78 is 45.8. The van der Waals surface area contributed by atoms with Crippen LogP contribution in [-0.2, 0) is 12.7 Å². The number of halogens is 3. The highest BCUT2D eigenvalue weighted by molar-refractivity contribution is 5.82.